The van der Waals surface area contributed by atoms with E-state index in [-0.39, 0.29) is 0 Å². The predicted octanol–water partition coefficient (Wildman–Crippen LogP) is 3.20. The number of hydrogen-bond acceptors (Lipinski definition) is 3. The zero-order valence-corrected chi connectivity index (χ0v) is 17.4. The average Bonchev–Trinajstić information content (AvgIpc) is 3.18. The van der Waals surface area contributed by atoms with Gasteiger partial charge in [0.25, 0.3) is 0 Å². The van der Waals surface area contributed by atoms with E-state index in [0.29, 0.717) is 0 Å². The number of benzene rings is 1. The van der Waals surface area contributed by atoms with E-state index in [4.69, 9.17) is 4.99 Å². The molecule has 6 nitrogen and oxygen atoms in total. The molecule has 0 radical (unpaired) electrons. The first kappa shape index (κ1) is 19.3. The molecule has 1 fully saturated rings. The van der Waals surface area contributed by atoms with Crippen molar-refractivity contribution in [1.82, 2.24) is 20.2 Å². The lowest BCUT2D eigenvalue weighted by Crippen LogP contribution is -2.52. The third kappa shape index (κ3) is 4.36. The molecule has 4 rings (SSSR count). The number of aliphatic imine (C=N–C) groups is 1. The fourth-order valence-electron chi connectivity index (χ4n) is 4.04. The molecule has 1 saturated heterocycles. The summed E-state index contributed by atoms with van der Waals surface area (Å²) in [6.07, 6.45) is 4.93. The van der Waals surface area contributed by atoms with Gasteiger partial charge in [-0.05, 0) is 49.6 Å². The molecule has 0 bridgehead atoms. The van der Waals surface area contributed by atoms with Gasteiger partial charge in [-0.15, -0.1) is 0 Å². The number of aromatic amines is 1. The molecule has 2 aromatic heterocycles. The van der Waals surface area contributed by atoms with Crippen LogP contribution in [-0.4, -0.2) is 60.1 Å². The maximum absolute atomic E-state index is 4.93. The predicted molar refractivity (Wildman–Crippen MR) is 121 cm³/mol. The van der Waals surface area contributed by atoms with Crippen molar-refractivity contribution in [1.29, 1.82) is 0 Å². The number of hydrogen-bond donors (Lipinski definition) is 2. The lowest BCUT2D eigenvalue weighted by atomic mass is 10.1. The molecule has 6 heteroatoms. The van der Waals surface area contributed by atoms with Crippen LogP contribution >= 0.6 is 0 Å². The van der Waals surface area contributed by atoms with Crippen molar-refractivity contribution >= 4 is 22.7 Å². The summed E-state index contributed by atoms with van der Waals surface area (Å²) < 4.78 is 0. The van der Waals surface area contributed by atoms with E-state index < -0.39 is 0 Å². The fraction of sp³-hybridized carbons (Fsp3) is 0.391. The number of pyridine rings is 1. The minimum atomic E-state index is 0.782. The maximum atomic E-state index is 4.93. The van der Waals surface area contributed by atoms with Crippen molar-refractivity contribution in [2.75, 3.05) is 44.2 Å². The molecular formula is C23H30N6. The minimum Gasteiger partial charge on any atom is -0.361 e. The van der Waals surface area contributed by atoms with E-state index in [1.807, 2.05) is 18.3 Å². The Bertz CT molecular complexity index is 954. The average molecular weight is 391 g/mol. The van der Waals surface area contributed by atoms with Crippen molar-refractivity contribution < 1.29 is 0 Å². The monoisotopic (exact) mass is 390 g/mol. The van der Waals surface area contributed by atoms with Crippen LogP contribution < -0.4 is 10.2 Å². The van der Waals surface area contributed by atoms with E-state index in [1.54, 1.807) is 0 Å². The Balaban J connectivity index is 1.39. The number of nitrogens with zero attached hydrogens (tertiary/aromatic N) is 4. The van der Waals surface area contributed by atoms with Crippen LogP contribution in [0.3, 0.4) is 0 Å². The van der Waals surface area contributed by atoms with Crippen LogP contribution in [0.5, 0.6) is 0 Å². The summed E-state index contributed by atoms with van der Waals surface area (Å²) in [5, 5.41) is 4.81. The fourth-order valence-corrected chi connectivity index (χ4v) is 4.04. The van der Waals surface area contributed by atoms with Crippen LogP contribution in [-0.2, 0) is 6.42 Å². The van der Waals surface area contributed by atoms with Gasteiger partial charge < -0.3 is 20.1 Å². The van der Waals surface area contributed by atoms with Crippen molar-refractivity contribution in [2.45, 2.75) is 20.3 Å². The molecule has 3 heterocycles. The number of piperazine rings is 1. The lowest BCUT2D eigenvalue weighted by molar-refractivity contribution is 0.371. The topological polar surface area (TPSA) is 59.6 Å². The molecule has 0 unspecified atom stereocenters. The summed E-state index contributed by atoms with van der Waals surface area (Å²) in [5.74, 6) is 2.08. The number of nitrogens with one attached hydrogen (secondary N) is 2. The lowest BCUT2D eigenvalue weighted by Gasteiger charge is -2.37. The summed E-state index contributed by atoms with van der Waals surface area (Å²) in [5.41, 5.74) is 3.87. The summed E-state index contributed by atoms with van der Waals surface area (Å²) in [6, 6.07) is 12.5. The Morgan fingerprint density at radius 2 is 2.00 bits per heavy atom. The first-order chi connectivity index (χ1) is 14.3. The van der Waals surface area contributed by atoms with Gasteiger partial charge in [0, 0.05) is 62.6 Å². The first-order valence-electron chi connectivity index (χ1n) is 10.5. The quantitative estimate of drug-likeness (QED) is 0.519. The number of aryl methyl sites for hydroxylation is 1. The number of H-pyrrole nitrogens is 1. The number of fused-ring (bicyclic) bond motifs is 1. The standard InChI is InChI=1S/C23H30N6/c1-3-24-23(29-15-13-28(14-16-29)21-9-4-5-11-25-21)26-12-10-19-17-27-20-8-6-7-18(2)22(19)20/h4-9,11,17,27H,3,10,12-16H2,1-2H3,(H,24,26). The molecule has 3 aromatic rings. The molecule has 0 saturated carbocycles. The van der Waals surface area contributed by atoms with Gasteiger partial charge in [0.15, 0.2) is 5.96 Å². The third-order valence-electron chi connectivity index (χ3n) is 5.53. The van der Waals surface area contributed by atoms with Crippen LogP contribution in [0.4, 0.5) is 5.82 Å². The Morgan fingerprint density at radius 3 is 2.76 bits per heavy atom. The van der Waals surface area contributed by atoms with Crippen molar-refractivity contribution in [3.05, 3.63) is 59.9 Å². The second-order valence-electron chi connectivity index (χ2n) is 7.46. The normalized spacial score (nSPS) is 15.2. The third-order valence-corrected chi connectivity index (χ3v) is 5.53. The minimum absolute atomic E-state index is 0.782. The molecular weight excluding hydrogens is 360 g/mol. The Hall–Kier alpha value is -3.02. The Kier molecular flexibility index (Phi) is 5.98. The van der Waals surface area contributed by atoms with Gasteiger partial charge in [-0.25, -0.2) is 4.98 Å². The summed E-state index contributed by atoms with van der Waals surface area (Å²) in [4.78, 5) is 17.5. The highest BCUT2D eigenvalue weighted by atomic mass is 15.4. The van der Waals surface area contributed by atoms with E-state index in [9.17, 15) is 0 Å². The molecule has 0 atom stereocenters. The molecule has 2 N–H and O–H groups in total. The van der Waals surface area contributed by atoms with E-state index in [0.717, 1.165) is 57.5 Å². The van der Waals surface area contributed by atoms with Gasteiger partial charge >= 0.3 is 0 Å². The van der Waals surface area contributed by atoms with Gasteiger partial charge in [0.2, 0.25) is 0 Å². The van der Waals surface area contributed by atoms with E-state index >= 15 is 0 Å². The van der Waals surface area contributed by atoms with Gasteiger partial charge in [0.1, 0.15) is 5.82 Å². The molecule has 29 heavy (non-hydrogen) atoms. The number of aromatic nitrogens is 2. The summed E-state index contributed by atoms with van der Waals surface area (Å²) >= 11 is 0. The maximum Gasteiger partial charge on any atom is 0.194 e. The van der Waals surface area contributed by atoms with Crippen LogP contribution in [0.1, 0.15) is 18.1 Å². The van der Waals surface area contributed by atoms with Crippen molar-refractivity contribution in [3.8, 4) is 0 Å². The molecule has 0 aliphatic carbocycles. The van der Waals surface area contributed by atoms with Crippen LogP contribution in [0.15, 0.2) is 53.8 Å². The van der Waals surface area contributed by atoms with Gasteiger partial charge in [-0.3, -0.25) is 4.99 Å². The first-order valence-corrected chi connectivity index (χ1v) is 10.5. The molecule has 152 valence electrons. The van der Waals surface area contributed by atoms with Crippen LogP contribution in [0.2, 0.25) is 0 Å². The van der Waals surface area contributed by atoms with E-state index in [1.165, 1.54) is 22.0 Å². The zero-order valence-electron chi connectivity index (χ0n) is 17.4. The molecule has 1 aromatic carbocycles. The van der Waals surface area contributed by atoms with E-state index in [2.05, 4.69) is 69.4 Å². The molecule has 1 aliphatic rings. The van der Waals surface area contributed by atoms with Gasteiger partial charge in [-0.2, -0.15) is 0 Å². The van der Waals surface area contributed by atoms with Gasteiger partial charge in [0.05, 0.1) is 0 Å². The largest absolute Gasteiger partial charge is 0.361 e. The Labute approximate surface area is 172 Å². The molecule has 0 spiro atoms. The highest BCUT2D eigenvalue weighted by Crippen LogP contribution is 2.22. The van der Waals surface area contributed by atoms with Gasteiger partial charge in [-0.1, -0.05) is 18.2 Å². The summed E-state index contributed by atoms with van der Waals surface area (Å²) in [6.45, 7) is 9.79. The van der Waals surface area contributed by atoms with Crippen LogP contribution in [0.25, 0.3) is 10.9 Å². The smallest absolute Gasteiger partial charge is 0.194 e. The molecule has 0 amide bonds. The number of rotatable bonds is 5. The Morgan fingerprint density at radius 1 is 1.14 bits per heavy atom. The van der Waals surface area contributed by atoms with Crippen LogP contribution in [0, 0.1) is 6.92 Å². The second-order valence-corrected chi connectivity index (χ2v) is 7.46. The SMILES string of the molecule is CCNC(=NCCc1c[nH]c2cccc(C)c12)N1CCN(c2ccccn2)CC1. The van der Waals surface area contributed by atoms with Crippen molar-refractivity contribution in [2.24, 2.45) is 4.99 Å². The number of anilines is 1. The highest BCUT2D eigenvalue weighted by Gasteiger charge is 2.20. The summed E-state index contributed by atoms with van der Waals surface area (Å²) in [7, 11) is 0. The molecule has 1 aliphatic heterocycles. The van der Waals surface area contributed by atoms with Crippen molar-refractivity contribution in [3.63, 3.8) is 0 Å². The zero-order chi connectivity index (χ0) is 20.1. The highest BCUT2D eigenvalue weighted by molar-refractivity contribution is 5.86. The number of guanidine groups is 1. The second kappa shape index (κ2) is 8.99.